The number of aliphatic hydroxyl groups excluding tert-OH is 1. The van der Waals surface area contributed by atoms with Crippen LogP contribution in [0.25, 0.3) is 10.9 Å². The normalized spacial score (nSPS) is 16.7. The van der Waals surface area contributed by atoms with E-state index in [1.165, 1.54) is 12.1 Å². The minimum absolute atomic E-state index is 0.343. The number of pyridine rings is 1. The average molecular weight is 433 g/mol. The minimum Gasteiger partial charge on any atom is -0.355 e. The highest BCUT2D eigenvalue weighted by Crippen LogP contribution is 2.33. The predicted octanol–water partition coefficient (Wildman–Crippen LogP) is 2.33. The Bertz CT molecular complexity index is 1020. The van der Waals surface area contributed by atoms with Gasteiger partial charge in [0.25, 0.3) is 0 Å². The third-order valence-electron chi connectivity index (χ3n) is 4.41. The predicted molar refractivity (Wildman–Crippen MR) is 106 cm³/mol. The number of nitrogens with one attached hydrogen (secondary N) is 1. The number of anilines is 1. The number of rotatable bonds is 5. The highest BCUT2D eigenvalue weighted by atomic mass is 79.9. The van der Waals surface area contributed by atoms with Crippen LogP contribution >= 0.6 is 15.9 Å². The number of hydrogen-bond acceptors (Lipinski definition) is 6. The first-order valence-electron chi connectivity index (χ1n) is 8.48. The van der Waals surface area contributed by atoms with E-state index in [0.717, 1.165) is 16.4 Å². The molecule has 1 unspecified atom stereocenters. The molecule has 3 heterocycles. The fourth-order valence-electron chi connectivity index (χ4n) is 3.22. The smallest absolute Gasteiger partial charge is 0.226 e. The summed E-state index contributed by atoms with van der Waals surface area (Å²) in [6.07, 6.45) is 4.93. The Hall–Kier alpha value is -2.49. The maximum absolute atomic E-state index is 14.0. The van der Waals surface area contributed by atoms with Crippen molar-refractivity contribution in [1.82, 2.24) is 15.0 Å². The molecule has 1 aromatic carbocycles. The molecule has 0 fully saturated rings. The molecule has 3 aromatic rings. The molecule has 0 aliphatic carbocycles. The lowest BCUT2D eigenvalue weighted by Gasteiger charge is -2.22. The van der Waals surface area contributed by atoms with Crippen molar-refractivity contribution in [3.8, 4) is 0 Å². The van der Waals surface area contributed by atoms with Crippen LogP contribution in [0.2, 0.25) is 0 Å². The molecule has 0 saturated heterocycles. The van der Waals surface area contributed by atoms with Crippen molar-refractivity contribution in [1.29, 1.82) is 0 Å². The molecule has 0 saturated carbocycles. The van der Waals surface area contributed by atoms with Crippen LogP contribution in [0.15, 0.2) is 52.4 Å². The summed E-state index contributed by atoms with van der Waals surface area (Å²) >= 11 is 3.40. The van der Waals surface area contributed by atoms with Gasteiger partial charge in [-0.05, 0) is 53.2 Å². The second-order valence-corrected chi connectivity index (χ2v) is 7.13. The summed E-state index contributed by atoms with van der Waals surface area (Å²) in [6.45, 7) is 1.25. The maximum Gasteiger partial charge on any atom is 0.226 e. The van der Waals surface area contributed by atoms with Gasteiger partial charge in [-0.15, -0.1) is 0 Å². The van der Waals surface area contributed by atoms with Gasteiger partial charge in [0.2, 0.25) is 6.35 Å². The first-order chi connectivity index (χ1) is 13.1. The molecular weight excluding hydrogens is 415 g/mol. The second kappa shape index (κ2) is 7.26. The number of amidine groups is 1. The summed E-state index contributed by atoms with van der Waals surface area (Å²) < 4.78 is 16.8. The van der Waals surface area contributed by atoms with E-state index < -0.39 is 6.35 Å². The number of aliphatic hydroxyl groups is 1. The molecule has 27 heavy (non-hydrogen) atoms. The molecule has 7 nitrogen and oxygen atoms in total. The van der Waals surface area contributed by atoms with Crippen molar-refractivity contribution in [2.45, 2.75) is 19.3 Å². The lowest BCUT2D eigenvalue weighted by molar-refractivity contribution is 0.159. The van der Waals surface area contributed by atoms with Crippen molar-refractivity contribution in [3.05, 3.63) is 58.7 Å². The van der Waals surface area contributed by atoms with Gasteiger partial charge in [-0.3, -0.25) is 15.3 Å². The SMILES string of the molecule is NCCCn1cc(N2C(c3cncc(Br)c3)=NNC2O)c2cc(F)ccc21. The second-order valence-electron chi connectivity index (χ2n) is 6.21. The number of aryl methyl sites for hydroxylation is 1. The molecule has 0 bridgehead atoms. The monoisotopic (exact) mass is 432 g/mol. The summed E-state index contributed by atoms with van der Waals surface area (Å²) in [4.78, 5) is 5.79. The van der Waals surface area contributed by atoms with Gasteiger partial charge in [0.05, 0.1) is 11.2 Å². The van der Waals surface area contributed by atoms with E-state index in [1.807, 2.05) is 16.8 Å². The van der Waals surface area contributed by atoms with Crippen LogP contribution < -0.4 is 16.1 Å². The molecular formula is C18H18BrFN6O. The Morgan fingerprint density at radius 2 is 2.15 bits per heavy atom. The number of nitrogens with two attached hydrogens (primary N) is 1. The third-order valence-corrected chi connectivity index (χ3v) is 4.84. The molecule has 0 radical (unpaired) electrons. The number of benzene rings is 1. The van der Waals surface area contributed by atoms with Crippen LogP contribution in [-0.2, 0) is 6.54 Å². The van der Waals surface area contributed by atoms with Gasteiger partial charge in [-0.2, -0.15) is 5.10 Å². The molecule has 9 heteroatoms. The zero-order valence-electron chi connectivity index (χ0n) is 14.3. The molecule has 0 amide bonds. The van der Waals surface area contributed by atoms with Gasteiger partial charge in [0, 0.05) is 40.6 Å². The number of aromatic nitrogens is 2. The lowest BCUT2D eigenvalue weighted by Crippen LogP contribution is -2.40. The number of fused-ring (bicyclic) bond motifs is 1. The highest BCUT2D eigenvalue weighted by molar-refractivity contribution is 9.10. The van der Waals surface area contributed by atoms with Crippen LogP contribution in [-0.4, -0.2) is 33.4 Å². The van der Waals surface area contributed by atoms with E-state index in [4.69, 9.17) is 5.73 Å². The third kappa shape index (κ3) is 3.29. The Labute approximate surface area is 163 Å². The molecule has 4 N–H and O–H groups in total. The van der Waals surface area contributed by atoms with Crippen molar-refractivity contribution < 1.29 is 9.50 Å². The standard InChI is InChI=1S/C18H18BrFN6O/c19-12-6-11(8-22-9-12)17-23-24-18(27)26(17)16-10-25(5-1-4-21)15-3-2-13(20)7-14(15)16/h2-3,6-10,18,24,27H,1,4-5,21H2. The van der Waals surface area contributed by atoms with Gasteiger partial charge in [-0.1, -0.05) is 0 Å². The van der Waals surface area contributed by atoms with E-state index in [-0.39, 0.29) is 5.82 Å². The molecule has 2 aromatic heterocycles. The van der Waals surface area contributed by atoms with Crippen molar-refractivity contribution in [2.75, 3.05) is 11.4 Å². The van der Waals surface area contributed by atoms with Crippen molar-refractivity contribution in [3.63, 3.8) is 0 Å². The molecule has 0 spiro atoms. The Morgan fingerprint density at radius 1 is 1.30 bits per heavy atom. The molecule has 1 aliphatic heterocycles. The van der Waals surface area contributed by atoms with E-state index in [2.05, 4.69) is 31.4 Å². The number of nitrogens with zero attached hydrogens (tertiary/aromatic N) is 4. The molecule has 1 aliphatic rings. The largest absolute Gasteiger partial charge is 0.355 e. The first kappa shape index (κ1) is 17.9. The number of hydrazone groups is 1. The molecule has 1 atom stereocenters. The zero-order valence-corrected chi connectivity index (χ0v) is 15.9. The van der Waals surface area contributed by atoms with Gasteiger partial charge in [0.1, 0.15) is 5.82 Å². The Morgan fingerprint density at radius 3 is 2.93 bits per heavy atom. The summed E-state index contributed by atoms with van der Waals surface area (Å²) in [5.41, 5.74) is 10.5. The molecule has 4 rings (SSSR count). The van der Waals surface area contributed by atoms with Crippen LogP contribution in [0.3, 0.4) is 0 Å². The van der Waals surface area contributed by atoms with Crippen LogP contribution in [0, 0.1) is 5.82 Å². The van der Waals surface area contributed by atoms with Gasteiger partial charge < -0.3 is 15.4 Å². The minimum atomic E-state index is -1.07. The average Bonchev–Trinajstić information content (AvgIpc) is 3.20. The van der Waals surface area contributed by atoms with Crippen LogP contribution in [0.4, 0.5) is 10.1 Å². The zero-order chi connectivity index (χ0) is 19.0. The van der Waals surface area contributed by atoms with Gasteiger partial charge in [-0.25, -0.2) is 4.39 Å². The Balaban J connectivity index is 1.84. The van der Waals surface area contributed by atoms with Crippen molar-refractivity contribution >= 4 is 38.4 Å². The lowest BCUT2D eigenvalue weighted by atomic mass is 10.2. The Kier molecular flexibility index (Phi) is 4.81. The van der Waals surface area contributed by atoms with Crippen LogP contribution in [0.1, 0.15) is 12.0 Å². The van der Waals surface area contributed by atoms with Crippen molar-refractivity contribution in [2.24, 2.45) is 10.8 Å². The summed E-state index contributed by atoms with van der Waals surface area (Å²) in [7, 11) is 0. The van der Waals surface area contributed by atoms with Crippen LogP contribution in [0.5, 0.6) is 0 Å². The first-order valence-corrected chi connectivity index (χ1v) is 9.27. The van der Waals surface area contributed by atoms with Gasteiger partial charge in [0.15, 0.2) is 5.84 Å². The van der Waals surface area contributed by atoms with E-state index in [0.29, 0.717) is 35.6 Å². The van der Waals surface area contributed by atoms with Gasteiger partial charge >= 0.3 is 0 Å². The summed E-state index contributed by atoms with van der Waals surface area (Å²) in [5, 5.41) is 15.4. The summed E-state index contributed by atoms with van der Waals surface area (Å²) in [5.74, 6) is 0.156. The molecule has 140 valence electrons. The number of hydrogen-bond donors (Lipinski definition) is 3. The highest BCUT2D eigenvalue weighted by Gasteiger charge is 2.31. The van der Waals surface area contributed by atoms with E-state index >= 15 is 0 Å². The fourth-order valence-corrected chi connectivity index (χ4v) is 3.58. The topological polar surface area (TPSA) is 91.7 Å². The fraction of sp³-hybridized carbons (Fsp3) is 0.222. The van der Waals surface area contributed by atoms with E-state index in [9.17, 15) is 9.50 Å². The van der Waals surface area contributed by atoms with E-state index in [1.54, 1.807) is 23.4 Å². The number of halogens is 2. The summed E-state index contributed by atoms with van der Waals surface area (Å²) in [6, 6.07) is 6.48. The maximum atomic E-state index is 14.0. The quantitative estimate of drug-likeness (QED) is 0.575.